The molecule has 1 atom stereocenters. The lowest BCUT2D eigenvalue weighted by atomic mass is 10.0. The molecule has 12 nitrogen and oxygen atoms in total. The van der Waals surface area contributed by atoms with Crippen LogP contribution in [0.2, 0.25) is 5.02 Å². The molecule has 0 radical (unpaired) electrons. The van der Waals surface area contributed by atoms with E-state index in [1.807, 2.05) is 30.3 Å². The molecule has 2 aromatic heterocycles. The van der Waals surface area contributed by atoms with E-state index in [1.165, 1.54) is 10.7 Å². The highest BCUT2D eigenvalue weighted by Gasteiger charge is 2.38. The van der Waals surface area contributed by atoms with Gasteiger partial charge in [0.1, 0.15) is 11.8 Å². The van der Waals surface area contributed by atoms with Gasteiger partial charge in [-0.2, -0.15) is 20.0 Å². The van der Waals surface area contributed by atoms with Crippen molar-refractivity contribution in [3.05, 3.63) is 64.4 Å². The van der Waals surface area contributed by atoms with Crippen LogP contribution in [-0.2, 0) is 11.3 Å². The molecule has 236 valence electrons. The number of nitrogens with one attached hydrogen (secondary N) is 1. The predicted molar refractivity (Wildman–Crippen MR) is 175 cm³/mol. The molecule has 1 N–H and O–H groups in total. The lowest BCUT2D eigenvalue weighted by Crippen LogP contribution is -2.62. The van der Waals surface area contributed by atoms with Crippen LogP contribution >= 0.6 is 11.6 Å². The van der Waals surface area contributed by atoms with Crippen molar-refractivity contribution >= 4 is 40.4 Å². The Balaban J connectivity index is 1.23. The third kappa shape index (κ3) is 5.87. The number of hydrogen-bond donors (Lipinski definition) is 1. The first-order valence-electron chi connectivity index (χ1n) is 15.4. The topological polar surface area (TPSA) is 131 Å². The molecule has 2 saturated heterocycles. The molecule has 4 heterocycles. The minimum Gasteiger partial charge on any atom is -0.497 e. The number of hydrogen-bond acceptors (Lipinski definition) is 11. The van der Waals surface area contributed by atoms with E-state index in [1.54, 1.807) is 13.2 Å². The van der Waals surface area contributed by atoms with Crippen LogP contribution in [-0.4, -0.2) is 82.1 Å². The number of anilines is 4. The summed E-state index contributed by atoms with van der Waals surface area (Å²) < 4.78 is 13.0. The Kier molecular flexibility index (Phi) is 7.81. The highest BCUT2D eigenvalue weighted by Crippen LogP contribution is 2.39. The number of rotatable bonds is 8. The zero-order valence-electron chi connectivity index (χ0n) is 26.1. The molecule has 0 bridgehead atoms. The van der Waals surface area contributed by atoms with E-state index in [-0.39, 0.29) is 29.3 Å². The minimum absolute atomic E-state index is 0.168. The fourth-order valence-corrected chi connectivity index (χ4v) is 6.61. The Morgan fingerprint density at radius 1 is 1.15 bits per heavy atom. The van der Waals surface area contributed by atoms with Crippen molar-refractivity contribution in [1.82, 2.24) is 24.5 Å². The number of benzene rings is 2. The van der Waals surface area contributed by atoms with Gasteiger partial charge in [0.15, 0.2) is 17.2 Å². The second-order valence-electron chi connectivity index (χ2n) is 12.7. The molecule has 46 heavy (non-hydrogen) atoms. The van der Waals surface area contributed by atoms with E-state index in [4.69, 9.17) is 26.1 Å². The fourth-order valence-electron chi connectivity index (χ4n) is 6.33. The lowest BCUT2D eigenvalue weighted by Gasteiger charge is -2.49. The molecule has 2 aromatic carbocycles. The van der Waals surface area contributed by atoms with Crippen LogP contribution in [0.4, 0.5) is 23.1 Å². The summed E-state index contributed by atoms with van der Waals surface area (Å²) in [5.74, 6) is 1.65. The van der Waals surface area contributed by atoms with Crippen LogP contribution in [0.1, 0.15) is 43.5 Å². The molecule has 1 unspecified atom stereocenters. The second-order valence-corrected chi connectivity index (χ2v) is 13.1. The highest BCUT2D eigenvalue weighted by atomic mass is 35.5. The Morgan fingerprint density at radius 3 is 2.67 bits per heavy atom. The molecular formula is C33H35ClN10O2. The van der Waals surface area contributed by atoms with Gasteiger partial charge >= 0.3 is 0 Å². The van der Waals surface area contributed by atoms with Gasteiger partial charge in [-0.25, -0.2) is 4.98 Å². The summed E-state index contributed by atoms with van der Waals surface area (Å²) in [6.07, 6.45) is 3.56. The van der Waals surface area contributed by atoms with Crippen molar-refractivity contribution in [2.24, 2.45) is 0 Å². The van der Waals surface area contributed by atoms with Gasteiger partial charge in [-0.05, 0) is 56.5 Å². The summed E-state index contributed by atoms with van der Waals surface area (Å²) in [5.41, 5.74) is 3.45. The number of nitrogens with zero attached hydrogens (tertiary/aromatic N) is 9. The van der Waals surface area contributed by atoms with Crippen molar-refractivity contribution in [1.29, 1.82) is 10.5 Å². The van der Waals surface area contributed by atoms with E-state index in [0.29, 0.717) is 40.9 Å². The average Bonchev–Trinajstić information content (AvgIpc) is 3.82. The smallest absolute Gasteiger partial charge is 0.247 e. The molecule has 3 fully saturated rings. The normalized spacial score (nSPS) is 19.3. The SMILES string of the molecule is COc1ccc(CN(c2nc(Nc3cc(C#N)cc(N4CCN5CC(C)(C)OCC5C4)c3Cl)nn3c(C#N)cnc23)C2CC2)cc1. The minimum atomic E-state index is -0.168. The number of halogens is 1. The maximum atomic E-state index is 9.96. The van der Waals surface area contributed by atoms with Gasteiger partial charge in [0.25, 0.3) is 0 Å². The van der Waals surface area contributed by atoms with Crippen LogP contribution in [0.25, 0.3) is 5.65 Å². The van der Waals surface area contributed by atoms with Crippen molar-refractivity contribution in [3.8, 4) is 17.9 Å². The summed E-state index contributed by atoms with van der Waals surface area (Å²) in [5, 5.41) is 28.2. The van der Waals surface area contributed by atoms with E-state index in [9.17, 15) is 10.5 Å². The number of imidazole rings is 1. The molecule has 0 amide bonds. The van der Waals surface area contributed by atoms with Crippen molar-refractivity contribution in [3.63, 3.8) is 0 Å². The van der Waals surface area contributed by atoms with E-state index >= 15 is 0 Å². The molecule has 1 aliphatic carbocycles. The van der Waals surface area contributed by atoms with Gasteiger partial charge in [0.2, 0.25) is 5.95 Å². The second kappa shape index (κ2) is 12.0. The van der Waals surface area contributed by atoms with Gasteiger partial charge < -0.3 is 24.6 Å². The fraction of sp³-hybridized carbons (Fsp3) is 0.424. The number of methoxy groups -OCH3 is 1. The van der Waals surface area contributed by atoms with Gasteiger partial charge in [-0.1, -0.05) is 23.7 Å². The quantitative estimate of drug-likeness (QED) is 0.287. The molecule has 1 saturated carbocycles. The van der Waals surface area contributed by atoms with Crippen LogP contribution in [0.3, 0.4) is 0 Å². The van der Waals surface area contributed by atoms with Crippen molar-refractivity contribution in [2.75, 3.05) is 55.0 Å². The number of aromatic nitrogens is 4. The zero-order chi connectivity index (χ0) is 32.0. The number of piperazine rings is 1. The van der Waals surface area contributed by atoms with E-state index in [2.05, 4.69) is 56.1 Å². The summed E-state index contributed by atoms with van der Waals surface area (Å²) in [4.78, 5) is 16.4. The Bertz CT molecular complexity index is 1860. The van der Waals surface area contributed by atoms with Crippen molar-refractivity contribution < 1.29 is 9.47 Å². The van der Waals surface area contributed by atoms with Crippen LogP contribution in [0.5, 0.6) is 5.75 Å². The van der Waals surface area contributed by atoms with Gasteiger partial charge in [-0.15, -0.1) is 5.10 Å². The average molecular weight is 639 g/mol. The Labute approximate surface area is 272 Å². The van der Waals surface area contributed by atoms with E-state index in [0.717, 1.165) is 56.0 Å². The molecule has 2 aliphatic heterocycles. The standard InChI is InChI=1S/C33H35ClN10O2/c1-33(2)20-42-11-10-41(18-25(42)19-46-33)28-13-22(14-35)12-27(29(28)34)38-32-39-31(30-37-16-24(15-36)44(30)40-32)43(23-6-7-23)17-21-4-8-26(45-3)9-5-21/h4-5,8-9,12-13,16,23,25H,6-7,10-11,17-20H2,1-3H3,(H,38,40). The lowest BCUT2D eigenvalue weighted by molar-refractivity contribution is -0.116. The number of fused-ring (bicyclic) bond motifs is 2. The predicted octanol–water partition coefficient (Wildman–Crippen LogP) is 4.74. The van der Waals surface area contributed by atoms with Crippen LogP contribution in [0.15, 0.2) is 42.6 Å². The zero-order valence-corrected chi connectivity index (χ0v) is 26.8. The largest absolute Gasteiger partial charge is 0.497 e. The van der Waals surface area contributed by atoms with Gasteiger partial charge in [0, 0.05) is 38.8 Å². The molecular weight excluding hydrogens is 604 g/mol. The third-order valence-electron chi connectivity index (χ3n) is 8.86. The molecule has 3 aliphatic rings. The first-order valence-corrected chi connectivity index (χ1v) is 15.8. The summed E-state index contributed by atoms with van der Waals surface area (Å²) in [6.45, 7) is 8.74. The maximum Gasteiger partial charge on any atom is 0.247 e. The van der Waals surface area contributed by atoms with Crippen LogP contribution in [0, 0.1) is 22.7 Å². The first kappa shape index (κ1) is 30.1. The highest BCUT2D eigenvalue weighted by molar-refractivity contribution is 6.36. The molecule has 0 spiro atoms. The van der Waals surface area contributed by atoms with Gasteiger partial charge in [-0.3, -0.25) is 4.90 Å². The summed E-state index contributed by atoms with van der Waals surface area (Å²) >= 11 is 7.09. The number of morpholine rings is 1. The van der Waals surface area contributed by atoms with E-state index < -0.39 is 0 Å². The van der Waals surface area contributed by atoms with Crippen LogP contribution < -0.4 is 19.9 Å². The third-order valence-corrected chi connectivity index (χ3v) is 9.25. The Hall–Kier alpha value is -4.62. The molecule has 13 heteroatoms. The molecule has 4 aromatic rings. The summed E-state index contributed by atoms with van der Waals surface area (Å²) in [7, 11) is 1.65. The van der Waals surface area contributed by atoms with Gasteiger partial charge in [0.05, 0.1) is 59.6 Å². The number of ether oxygens (including phenoxy) is 2. The monoisotopic (exact) mass is 638 g/mol. The first-order chi connectivity index (χ1) is 22.2. The summed E-state index contributed by atoms with van der Waals surface area (Å²) in [6, 6.07) is 16.5. The maximum absolute atomic E-state index is 9.96. The molecule has 7 rings (SSSR count). The Morgan fingerprint density at radius 2 is 1.96 bits per heavy atom. The number of nitriles is 2. The van der Waals surface area contributed by atoms with Crippen molar-refractivity contribution in [2.45, 2.75) is 50.9 Å².